The van der Waals surface area contributed by atoms with Crippen LogP contribution >= 0.6 is 11.6 Å². The van der Waals surface area contributed by atoms with Crippen LogP contribution in [0, 0.1) is 0 Å². The van der Waals surface area contributed by atoms with Gasteiger partial charge in [0.2, 0.25) is 0 Å². The zero-order valence-electron chi connectivity index (χ0n) is 11.4. The largest absolute Gasteiger partial charge is 0.302 e. The molecule has 1 aromatic carbocycles. The number of hydrogen-bond donors (Lipinski definition) is 0. The van der Waals surface area contributed by atoms with Crippen LogP contribution in [0.25, 0.3) is 16.7 Å². The van der Waals surface area contributed by atoms with Gasteiger partial charge < -0.3 is 4.90 Å². The van der Waals surface area contributed by atoms with Gasteiger partial charge >= 0.3 is 0 Å². The summed E-state index contributed by atoms with van der Waals surface area (Å²) in [5, 5.41) is 0.739. The molecule has 3 rings (SSSR count). The van der Waals surface area contributed by atoms with Gasteiger partial charge in [0.05, 0.1) is 0 Å². The third-order valence-corrected chi connectivity index (χ3v) is 3.78. The molecule has 0 saturated carbocycles. The van der Waals surface area contributed by atoms with Gasteiger partial charge in [-0.05, 0) is 36.7 Å². The average molecular weight is 286 g/mol. The molecule has 1 aliphatic heterocycles. The fraction of sp³-hybridized carbons (Fsp3) is 0.250. The van der Waals surface area contributed by atoms with Crippen LogP contribution in [0.3, 0.4) is 0 Å². The Morgan fingerprint density at radius 2 is 1.75 bits per heavy atom. The third-order valence-electron chi connectivity index (χ3n) is 3.53. The molecule has 0 aliphatic carbocycles. The predicted octanol–water partition coefficient (Wildman–Crippen LogP) is 3.52. The Morgan fingerprint density at radius 3 is 2.35 bits per heavy atom. The van der Waals surface area contributed by atoms with Crippen molar-refractivity contribution < 1.29 is 0 Å². The summed E-state index contributed by atoms with van der Waals surface area (Å²) in [7, 11) is 2.12. The summed E-state index contributed by atoms with van der Waals surface area (Å²) in [6.45, 7) is 2.03. The van der Waals surface area contributed by atoms with E-state index in [1.165, 1.54) is 5.57 Å². The molecule has 0 atom stereocenters. The molecule has 0 spiro atoms. The molecule has 3 nitrogen and oxygen atoms in total. The molecule has 0 fully saturated rings. The zero-order chi connectivity index (χ0) is 13.9. The Labute approximate surface area is 123 Å². The smallest absolute Gasteiger partial charge is 0.154 e. The van der Waals surface area contributed by atoms with E-state index in [0.717, 1.165) is 41.5 Å². The van der Waals surface area contributed by atoms with E-state index in [0.29, 0.717) is 0 Å². The molecule has 0 amide bonds. The number of aromatic nitrogens is 2. The van der Waals surface area contributed by atoms with E-state index in [-0.39, 0.29) is 0 Å². The first-order valence-electron chi connectivity index (χ1n) is 6.68. The Morgan fingerprint density at radius 1 is 1.05 bits per heavy atom. The molecule has 20 heavy (non-hydrogen) atoms. The van der Waals surface area contributed by atoms with Gasteiger partial charge in [0.1, 0.15) is 0 Å². The summed E-state index contributed by atoms with van der Waals surface area (Å²) in [5.74, 6) is 0.843. The lowest BCUT2D eigenvalue weighted by molar-refractivity contribution is 0.369. The van der Waals surface area contributed by atoms with Crippen LogP contribution in [0.5, 0.6) is 0 Å². The maximum absolute atomic E-state index is 5.89. The highest BCUT2D eigenvalue weighted by molar-refractivity contribution is 6.30. The molecule has 4 heteroatoms. The van der Waals surface area contributed by atoms with Crippen molar-refractivity contribution >= 4 is 17.2 Å². The minimum atomic E-state index is 0.739. The fourth-order valence-electron chi connectivity index (χ4n) is 2.26. The molecule has 2 aromatic rings. The van der Waals surface area contributed by atoms with Crippen LogP contribution in [0.1, 0.15) is 12.2 Å². The number of likely N-dealkylation sites (N-methyl/N-ethyl adjacent to an activating group) is 1. The molecule has 0 saturated heterocycles. The van der Waals surface area contributed by atoms with Crippen LogP contribution in [-0.2, 0) is 0 Å². The highest BCUT2D eigenvalue weighted by Crippen LogP contribution is 2.22. The maximum atomic E-state index is 5.89. The molecule has 0 bridgehead atoms. The van der Waals surface area contributed by atoms with Crippen molar-refractivity contribution in [2.75, 3.05) is 20.1 Å². The van der Waals surface area contributed by atoms with Crippen LogP contribution < -0.4 is 0 Å². The molecule has 1 aliphatic rings. The van der Waals surface area contributed by atoms with Gasteiger partial charge in [0.15, 0.2) is 5.82 Å². The van der Waals surface area contributed by atoms with Crippen LogP contribution in [-0.4, -0.2) is 35.0 Å². The Kier molecular flexibility index (Phi) is 3.81. The lowest BCUT2D eigenvalue weighted by Gasteiger charge is -2.21. The van der Waals surface area contributed by atoms with E-state index >= 15 is 0 Å². The molecule has 0 radical (unpaired) electrons. The van der Waals surface area contributed by atoms with Gasteiger partial charge in [0.25, 0.3) is 0 Å². The average Bonchev–Trinajstić information content (AvgIpc) is 2.49. The molecule has 1 aromatic heterocycles. The summed E-state index contributed by atoms with van der Waals surface area (Å²) in [4.78, 5) is 11.3. The van der Waals surface area contributed by atoms with Crippen molar-refractivity contribution in [2.24, 2.45) is 0 Å². The van der Waals surface area contributed by atoms with Gasteiger partial charge in [0, 0.05) is 36.1 Å². The number of halogens is 1. The molecular weight excluding hydrogens is 270 g/mol. The minimum Gasteiger partial charge on any atom is -0.302 e. The number of hydrogen-bond acceptors (Lipinski definition) is 3. The Balaban J connectivity index is 1.83. The van der Waals surface area contributed by atoms with Crippen molar-refractivity contribution in [3.8, 4) is 11.1 Å². The first kappa shape index (κ1) is 13.3. The van der Waals surface area contributed by atoms with Gasteiger partial charge in [-0.15, -0.1) is 0 Å². The van der Waals surface area contributed by atoms with Gasteiger partial charge in [-0.1, -0.05) is 29.8 Å². The van der Waals surface area contributed by atoms with E-state index in [4.69, 9.17) is 11.6 Å². The second kappa shape index (κ2) is 5.73. The van der Waals surface area contributed by atoms with E-state index in [9.17, 15) is 0 Å². The summed E-state index contributed by atoms with van der Waals surface area (Å²) in [6, 6.07) is 7.72. The lowest BCUT2D eigenvalue weighted by Crippen LogP contribution is -2.24. The molecular formula is C16H16ClN3. The summed E-state index contributed by atoms with van der Waals surface area (Å²) in [5.41, 5.74) is 3.34. The van der Waals surface area contributed by atoms with E-state index in [2.05, 4.69) is 28.0 Å². The normalized spacial score (nSPS) is 16.0. The second-order valence-corrected chi connectivity index (χ2v) is 5.48. The van der Waals surface area contributed by atoms with Crippen molar-refractivity contribution in [1.29, 1.82) is 0 Å². The lowest BCUT2D eigenvalue weighted by atomic mass is 10.1. The van der Waals surface area contributed by atoms with Crippen LogP contribution in [0.4, 0.5) is 0 Å². The minimum absolute atomic E-state index is 0.739. The summed E-state index contributed by atoms with van der Waals surface area (Å²) < 4.78 is 0. The van der Waals surface area contributed by atoms with Crippen molar-refractivity contribution in [3.05, 3.63) is 53.6 Å². The first-order chi connectivity index (χ1) is 9.72. The first-order valence-corrected chi connectivity index (χ1v) is 7.06. The molecule has 0 unspecified atom stereocenters. The third kappa shape index (κ3) is 2.89. The second-order valence-electron chi connectivity index (χ2n) is 5.04. The van der Waals surface area contributed by atoms with Crippen molar-refractivity contribution in [1.82, 2.24) is 14.9 Å². The topological polar surface area (TPSA) is 29.0 Å². The molecule has 2 heterocycles. The Hall–Kier alpha value is -1.71. The quantitative estimate of drug-likeness (QED) is 0.845. The highest BCUT2D eigenvalue weighted by atomic mass is 35.5. The molecule has 0 N–H and O–H groups in total. The number of rotatable bonds is 2. The van der Waals surface area contributed by atoms with Crippen LogP contribution in [0.2, 0.25) is 5.02 Å². The summed E-state index contributed by atoms with van der Waals surface area (Å²) in [6.07, 6.45) is 6.98. The highest BCUT2D eigenvalue weighted by Gasteiger charge is 2.11. The SMILES string of the molecule is CN1CC=C(c2ncc(-c3ccc(Cl)cc3)cn2)CC1. The number of nitrogens with zero attached hydrogens (tertiary/aromatic N) is 3. The van der Waals surface area contributed by atoms with Gasteiger partial charge in [-0.3, -0.25) is 0 Å². The Bertz CT molecular complexity index is 617. The van der Waals surface area contributed by atoms with Crippen LogP contribution in [0.15, 0.2) is 42.7 Å². The zero-order valence-corrected chi connectivity index (χ0v) is 12.1. The van der Waals surface area contributed by atoms with Crippen molar-refractivity contribution in [2.45, 2.75) is 6.42 Å². The van der Waals surface area contributed by atoms with E-state index < -0.39 is 0 Å². The summed E-state index contributed by atoms with van der Waals surface area (Å²) >= 11 is 5.89. The predicted molar refractivity (Wildman–Crippen MR) is 82.6 cm³/mol. The van der Waals surface area contributed by atoms with Gasteiger partial charge in [-0.25, -0.2) is 9.97 Å². The van der Waals surface area contributed by atoms with Crippen molar-refractivity contribution in [3.63, 3.8) is 0 Å². The monoisotopic (exact) mass is 285 g/mol. The van der Waals surface area contributed by atoms with E-state index in [1.54, 1.807) is 0 Å². The fourth-order valence-corrected chi connectivity index (χ4v) is 2.39. The molecule has 102 valence electrons. The standard InChI is InChI=1S/C16H16ClN3/c1-20-8-6-13(7-9-20)16-18-10-14(11-19-16)12-2-4-15(17)5-3-12/h2-6,10-11H,7-9H2,1H3. The van der Waals surface area contributed by atoms with E-state index in [1.807, 2.05) is 36.7 Å². The van der Waals surface area contributed by atoms with Gasteiger partial charge in [-0.2, -0.15) is 0 Å². The maximum Gasteiger partial charge on any atom is 0.154 e. The number of benzene rings is 1.